The molecule has 112 valence electrons. The van der Waals surface area contributed by atoms with Crippen molar-refractivity contribution in [3.05, 3.63) is 35.5 Å². The Labute approximate surface area is 123 Å². The number of aromatic nitrogens is 2. The number of carbonyl (C=O) groups is 1. The van der Waals surface area contributed by atoms with Crippen molar-refractivity contribution in [1.82, 2.24) is 10.2 Å². The van der Waals surface area contributed by atoms with Gasteiger partial charge in [0.05, 0.1) is 6.61 Å². The van der Waals surface area contributed by atoms with Crippen molar-refractivity contribution in [3.8, 4) is 5.75 Å². The molecule has 0 bridgehead atoms. The first-order valence-electron chi connectivity index (χ1n) is 6.89. The number of carbonyl (C=O) groups excluding carboxylic acids is 1. The molecular weight excluding hydrogens is 268 g/mol. The fourth-order valence-corrected chi connectivity index (χ4v) is 1.89. The van der Waals surface area contributed by atoms with Crippen LogP contribution in [0.2, 0.25) is 0 Å². The van der Waals surface area contributed by atoms with Gasteiger partial charge in [-0.05, 0) is 25.0 Å². The summed E-state index contributed by atoms with van der Waals surface area (Å²) in [5, 5.41) is 9.69. The average Bonchev–Trinajstić information content (AvgIpc) is 2.87. The number of hydrogen-bond donors (Lipinski definition) is 3. The van der Waals surface area contributed by atoms with Crippen LogP contribution < -0.4 is 15.8 Å². The predicted octanol–water partition coefficient (Wildman–Crippen LogP) is 2.77. The summed E-state index contributed by atoms with van der Waals surface area (Å²) >= 11 is 0. The summed E-state index contributed by atoms with van der Waals surface area (Å²) in [7, 11) is 0. The molecule has 0 spiro atoms. The molecule has 0 aliphatic rings. The number of hydrogen-bond acceptors (Lipinski definition) is 4. The third kappa shape index (κ3) is 3.75. The van der Waals surface area contributed by atoms with E-state index in [2.05, 4.69) is 15.5 Å². The molecule has 0 saturated carbocycles. The summed E-state index contributed by atoms with van der Waals surface area (Å²) in [4.78, 5) is 12.2. The fraction of sp³-hybridized carbons (Fsp3) is 0.333. The zero-order valence-electron chi connectivity index (χ0n) is 12.4. The van der Waals surface area contributed by atoms with Crippen molar-refractivity contribution in [1.29, 1.82) is 0 Å². The van der Waals surface area contributed by atoms with E-state index in [0.29, 0.717) is 35.3 Å². The van der Waals surface area contributed by atoms with Gasteiger partial charge in [-0.15, -0.1) is 0 Å². The normalized spacial score (nSPS) is 10.7. The molecule has 0 radical (unpaired) electrons. The highest BCUT2D eigenvalue weighted by Crippen LogP contribution is 2.20. The summed E-state index contributed by atoms with van der Waals surface area (Å²) in [5.41, 5.74) is 7.67. The lowest BCUT2D eigenvalue weighted by atomic mass is 10.1. The van der Waals surface area contributed by atoms with Gasteiger partial charge >= 0.3 is 0 Å². The highest BCUT2D eigenvalue weighted by Gasteiger charge is 2.12. The van der Waals surface area contributed by atoms with Gasteiger partial charge in [0.15, 0.2) is 5.82 Å². The molecule has 1 amide bonds. The Morgan fingerprint density at radius 1 is 1.38 bits per heavy atom. The topological polar surface area (TPSA) is 93.0 Å². The summed E-state index contributed by atoms with van der Waals surface area (Å²) in [5.74, 6) is 1.11. The number of anilines is 2. The molecule has 0 saturated heterocycles. The van der Waals surface area contributed by atoms with Crippen LogP contribution in [-0.2, 0) is 0 Å². The summed E-state index contributed by atoms with van der Waals surface area (Å²) < 4.78 is 5.38. The molecular formula is C15H20N4O2. The minimum absolute atomic E-state index is 0.273. The van der Waals surface area contributed by atoms with Gasteiger partial charge in [0.2, 0.25) is 0 Å². The molecule has 21 heavy (non-hydrogen) atoms. The smallest absolute Gasteiger partial charge is 0.257 e. The van der Waals surface area contributed by atoms with Crippen molar-refractivity contribution in [2.45, 2.75) is 26.7 Å². The van der Waals surface area contributed by atoms with Gasteiger partial charge in [0.1, 0.15) is 5.75 Å². The molecule has 2 rings (SSSR count). The predicted molar refractivity (Wildman–Crippen MR) is 82.7 cm³/mol. The molecule has 1 aromatic carbocycles. The van der Waals surface area contributed by atoms with E-state index in [-0.39, 0.29) is 5.91 Å². The second kappa shape index (κ2) is 6.30. The van der Waals surface area contributed by atoms with Gasteiger partial charge in [0, 0.05) is 29.1 Å². The van der Waals surface area contributed by atoms with Crippen molar-refractivity contribution in [3.63, 3.8) is 0 Å². The molecule has 6 heteroatoms. The van der Waals surface area contributed by atoms with Crippen molar-refractivity contribution in [2.75, 3.05) is 17.7 Å². The van der Waals surface area contributed by atoms with Gasteiger partial charge in [-0.3, -0.25) is 9.89 Å². The molecule has 0 aliphatic heterocycles. The number of nitrogens with zero attached hydrogens (tertiary/aromatic N) is 1. The number of amides is 1. The minimum Gasteiger partial charge on any atom is -0.494 e. The Hall–Kier alpha value is -2.50. The molecule has 0 atom stereocenters. The first kappa shape index (κ1) is 14.9. The largest absolute Gasteiger partial charge is 0.494 e. The van der Waals surface area contributed by atoms with Crippen LogP contribution in [-0.4, -0.2) is 22.7 Å². The van der Waals surface area contributed by atoms with E-state index < -0.39 is 0 Å². The van der Waals surface area contributed by atoms with Gasteiger partial charge in [0.25, 0.3) is 5.91 Å². The number of nitrogens with two attached hydrogens (primary N) is 1. The molecule has 4 N–H and O–H groups in total. The molecule has 2 aromatic rings. The number of benzene rings is 1. The summed E-state index contributed by atoms with van der Waals surface area (Å²) in [6, 6.07) is 6.77. The number of rotatable bonds is 5. The monoisotopic (exact) mass is 288 g/mol. The molecule has 6 nitrogen and oxygen atoms in total. The fourth-order valence-electron chi connectivity index (χ4n) is 1.89. The molecule has 1 heterocycles. The first-order chi connectivity index (χ1) is 9.99. The summed E-state index contributed by atoms with van der Waals surface area (Å²) in [6.07, 6.45) is 0. The number of H-pyrrole nitrogens is 1. The maximum atomic E-state index is 12.2. The van der Waals surface area contributed by atoms with Crippen LogP contribution in [0.4, 0.5) is 11.5 Å². The second-order valence-corrected chi connectivity index (χ2v) is 5.04. The molecule has 0 fully saturated rings. The molecule has 1 aromatic heterocycles. The van der Waals surface area contributed by atoms with Crippen LogP contribution in [0, 0.1) is 0 Å². The lowest BCUT2D eigenvalue weighted by Gasteiger charge is -2.07. The minimum atomic E-state index is -0.273. The van der Waals surface area contributed by atoms with E-state index in [4.69, 9.17) is 10.5 Å². The lowest BCUT2D eigenvalue weighted by molar-refractivity contribution is 0.102. The Balaban J connectivity index is 2.15. The molecule has 0 aliphatic carbocycles. The first-order valence-corrected chi connectivity index (χ1v) is 6.89. The number of aromatic amines is 1. The van der Waals surface area contributed by atoms with E-state index in [0.717, 1.165) is 5.69 Å². The zero-order chi connectivity index (χ0) is 15.4. The van der Waals surface area contributed by atoms with Crippen LogP contribution in [0.15, 0.2) is 24.3 Å². The standard InChI is InChI=1S/C15H20N4O2/c1-4-21-12-6-10(5-11(16)7-12)15(20)17-14-8-13(9(2)3)18-19-14/h5-9H,4,16H2,1-3H3,(H2,17,18,19,20). The third-order valence-corrected chi connectivity index (χ3v) is 2.96. The van der Waals surface area contributed by atoms with Gasteiger partial charge in [-0.25, -0.2) is 0 Å². The van der Waals surface area contributed by atoms with E-state index in [1.165, 1.54) is 0 Å². The summed E-state index contributed by atoms with van der Waals surface area (Å²) in [6.45, 7) is 6.48. The number of nitrogen functional groups attached to an aromatic ring is 1. The SMILES string of the molecule is CCOc1cc(N)cc(C(=O)Nc2cc(C(C)C)[nH]n2)c1. The van der Waals surface area contributed by atoms with Crippen molar-refractivity contribution in [2.24, 2.45) is 0 Å². The van der Waals surface area contributed by atoms with Crippen LogP contribution in [0.5, 0.6) is 5.75 Å². The van der Waals surface area contributed by atoms with E-state index in [1.807, 2.05) is 26.8 Å². The van der Waals surface area contributed by atoms with Crippen LogP contribution >= 0.6 is 0 Å². The van der Waals surface area contributed by atoms with E-state index >= 15 is 0 Å². The quantitative estimate of drug-likeness (QED) is 0.737. The van der Waals surface area contributed by atoms with Gasteiger partial charge < -0.3 is 15.8 Å². The Bertz CT molecular complexity index is 634. The second-order valence-electron chi connectivity index (χ2n) is 5.04. The maximum Gasteiger partial charge on any atom is 0.257 e. The zero-order valence-corrected chi connectivity index (χ0v) is 12.4. The number of ether oxygens (including phenoxy) is 1. The third-order valence-electron chi connectivity index (χ3n) is 2.96. The molecule has 0 unspecified atom stereocenters. The van der Waals surface area contributed by atoms with Gasteiger partial charge in [-0.1, -0.05) is 13.8 Å². The van der Waals surface area contributed by atoms with Crippen molar-refractivity contribution >= 4 is 17.4 Å². The average molecular weight is 288 g/mol. The Kier molecular flexibility index (Phi) is 4.47. The van der Waals surface area contributed by atoms with Crippen LogP contribution in [0.25, 0.3) is 0 Å². The van der Waals surface area contributed by atoms with E-state index in [9.17, 15) is 4.79 Å². The van der Waals surface area contributed by atoms with Crippen LogP contribution in [0.1, 0.15) is 42.7 Å². The van der Waals surface area contributed by atoms with Crippen molar-refractivity contribution < 1.29 is 9.53 Å². The highest BCUT2D eigenvalue weighted by molar-refractivity contribution is 6.04. The maximum absolute atomic E-state index is 12.2. The van der Waals surface area contributed by atoms with E-state index in [1.54, 1.807) is 18.2 Å². The lowest BCUT2D eigenvalue weighted by Crippen LogP contribution is -2.13. The van der Waals surface area contributed by atoms with Gasteiger partial charge in [-0.2, -0.15) is 5.10 Å². The van der Waals surface area contributed by atoms with Crippen LogP contribution in [0.3, 0.4) is 0 Å². The highest BCUT2D eigenvalue weighted by atomic mass is 16.5. The Morgan fingerprint density at radius 2 is 2.14 bits per heavy atom. The number of nitrogens with one attached hydrogen (secondary N) is 2. The Morgan fingerprint density at radius 3 is 2.76 bits per heavy atom.